The summed E-state index contributed by atoms with van der Waals surface area (Å²) in [6.45, 7) is 0. The average Bonchev–Trinajstić information content (AvgIpc) is 2.37. The predicted octanol–water partition coefficient (Wildman–Crippen LogP) is 4.97. The molecule has 0 aliphatic carbocycles. The second-order valence-corrected chi connectivity index (χ2v) is 5.10. The van der Waals surface area contributed by atoms with Crippen molar-refractivity contribution in [2.24, 2.45) is 0 Å². The molecule has 0 spiro atoms. The average molecular weight is 316 g/mol. The first-order valence-electron chi connectivity index (χ1n) is 6.09. The SMILES string of the molecule is CN(C)c1cc(Cl)cc(-c2ccc(OC(F)(F)F)cc2)c1. The Labute approximate surface area is 125 Å². The summed E-state index contributed by atoms with van der Waals surface area (Å²) in [4.78, 5) is 1.90. The van der Waals surface area contributed by atoms with Gasteiger partial charge in [0.15, 0.2) is 0 Å². The number of nitrogens with zero attached hydrogens (tertiary/aromatic N) is 1. The van der Waals surface area contributed by atoms with Crippen LogP contribution in [-0.2, 0) is 0 Å². The van der Waals surface area contributed by atoms with Gasteiger partial charge in [0.2, 0.25) is 0 Å². The van der Waals surface area contributed by atoms with Crippen LogP contribution >= 0.6 is 11.6 Å². The first kappa shape index (κ1) is 15.5. The van der Waals surface area contributed by atoms with Gasteiger partial charge in [-0.15, -0.1) is 13.2 Å². The van der Waals surface area contributed by atoms with Crippen molar-refractivity contribution < 1.29 is 17.9 Å². The van der Waals surface area contributed by atoms with E-state index in [1.54, 1.807) is 18.2 Å². The van der Waals surface area contributed by atoms with E-state index in [1.807, 2.05) is 31.1 Å². The monoisotopic (exact) mass is 315 g/mol. The van der Waals surface area contributed by atoms with E-state index in [2.05, 4.69) is 4.74 Å². The number of hydrogen-bond acceptors (Lipinski definition) is 2. The summed E-state index contributed by atoms with van der Waals surface area (Å²) < 4.78 is 40.2. The third kappa shape index (κ3) is 4.29. The summed E-state index contributed by atoms with van der Waals surface area (Å²) in [6, 6.07) is 11.2. The largest absolute Gasteiger partial charge is 0.573 e. The van der Waals surface area contributed by atoms with Crippen LogP contribution in [0, 0.1) is 0 Å². The smallest absolute Gasteiger partial charge is 0.406 e. The molecule has 0 unspecified atom stereocenters. The maximum absolute atomic E-state index is 12.1. The van der Waals surface area contributed by atoms with Crippen molar-refractivity contribution in [2.75, 3.05) is 19.0 Å². The molecule has 21 heavy (non-hydrogen) atoms. The minimum absolute atomic E-state index is 0.249. The highest BCUT2D eigenvalue weighted by molar-refractivity contribution is 6.31. The van der Waals surface area contributed by atoms with Crippen LogP contribution in [0.25, 0.3) is 11.1 Å². The number of anilines is 1. The van der Waals surface area contributed by atoms with Gasteiger partial charge in [0.1, 0.15) is 5.75 Å². The molecule has 0 bridgehead atoms. The molecule has 0 N–H and O–H groups in total. The summed E-state index contributed by atoms with van der Waals surface area (Å²) in [5, 5.41) is 0.562. The Hall–Kier alpha value is -1.88. The van der Waals surface area contributed by atoms with E-state index in [1.165, 1.54) is 12.1 Å². The van der Waals surface area contributed by atoms with Crippen LogP contribution in [-0.4, -0.2) is 20.5 Å². The molecule has 6 heteroatoms. The zero-order valence-electron chi connectivity index (χ0n) is 11.4. The molecule has 2 aromatic carbocycles. The molecule has 0 aliphatic heterocycles. The van der Waals surface area contributed by atoms with Gasteiger partial charge in [-0.05, 0) is 41.5 Å². The van der Waals surface area contributed by atoms with E-state index >= 15 is 0 Å². The van der Waals surface area contributed by atoms with Crippen LogP contribution in [0.3, 0.4) is 0 Å². The third-order valence-electron chi connectivity index (χ3n) is 2.82. The summed E-state index contributed by atoms with van der Waals surface area (Å²) >= 11 is 6.06. The summed E-state index contributed by atoms with van der Waals surface area (Å²) in [7, 11) is 3.77. The number of ether oxygens (including phenoxy) is 1. The summed E-state index contributed by atoms with van der Waals surface area (Å²) in [5.74, 6) is -0.249. The van der Waals surface area contributed by atoms with Crippen molar-refractivity contribution >= 4 is 17.3 Å². The topological polar surface area (TPSA) is 12.5 Å². The fourth-order valence-corrected chi connectivity index (χ4v) is 2.08. The number of halogens is 4. The van der Waals surface area contributed by atoms with Gasteiger partial charge in [0.25, 0.3) is 0 Å². The van der Waals surface area contributed by atoms with Crippen molar-refractivity contribution in [3.63, 3.8) is 0 Å². The highest BCUT2D eigenvalue weighted by Gasteiger charge is 2.30. The maximum Gasteiger partial charge on any atom is 0.573 e. The molecule has 0 radical (unpaired) electrons. The predicted molar refractivity (Wildman–Crippen MR) is 77.9 cm³/mol. The molecule has 112 valence electrons. The Balaban J connectivity index is 2.30. The molecular weight excluding hydrogens is 303 g/mol. The standard InChI is InChI=1S/C15H13ClF3NO/c1-20(2)13-8-11(7-12(16)9-13)10-3-5-14(6-4-10)21-15(17,18)19/h3-9H,1-2H3. The number of hydrogen-bond donors (Lipinski definition) is 0. The minimum atomic E-state index is -4.68. The van der Waals surface area contributed by atoms with Crippen LogP contribution in [0.2, 0.25) is 5.02 Å². The quantitative estimate of drug-likeness (QED) is 0.792. The number of alkyl halides is 3. The zero-order chi connectivity index (χ0) is 15.6. The Bertz CT molecular complexity index is 624. The van der Waals surface area contributed by atoms with Crippen molar-refractivity contribution in [3.8, 4) is 16.9 Å². The van der Waals surface area contributed by atoms with E-state index in [0.717, 1.165) is 16.8 Å². The van der Waals surface area contributed by atoms with Crippen molar-refractivity contribution in [2.45, 2.75) is 6.36 Å². The number of rotatable bonds is 3. The second-order valence-electron chi connectivity index (χ2n) is 4.66. The normalized spacial score (nSPS) is 11.3. The van der Waals surface area contributed by atoms with Gasteiger partial charge in [-0.1, -0.05) is 23.7 Å². The first-order valence-corrected chi connectivity index (χ1v) is 6.46. The van der Waals surface area contributed by atoms with Gasteiger partial charge in [0, 0.05) is 24.8 Å². The molecule has 2 aromatic rings. The molecule has 0 heterocycles. The molecule has 0 aliphatic rings. The lowest BCUT2D eigenvalue weighted by atomic mass is 10.0. The molecule has 0 atom stereocenters. The first-order chi connectivity index (χ1) is 9.74. The fourth-order valence-electron chi connectivity index (χ4n) is 1.85. The highest BCUT2D eigenvalue weighted by Crippen LogP contribution is 2.30. The number of benzene rings is 2. The minimum Gasteiger partial charge on any atom is -0.406 e. The Kier molecular flexibility index (Phi) is 4.32. The van der Waals surface area contributed by atoms with Gasteiger partial charge < -0.3 is 9.64 Å². The molecular formula is C15H13ClF3NO. The van der Waals surface area contributed by atoms with Crippen LogP contribution in [0.1, 0.15) is 0 Å². The van der Waals surface area contributed by atoms with Gasteiger partial charge in [-0.2, -0.15) is 0 Å². The summed E-state index contributed by atoms with van der Waals surface area (Å²) in [6.07, 6.45) is -4.68. The van der Waals surface area contributed by atoms with E-state index in [9.17, 15) is 13.2 Å². The van der Waals surface area contributed by atoms with Crippen molar-refractivity contribution in [1.29, 1.82) is 0 Å². The van der Waals surface area contributed by atoms with Crippen LogP contribution in [0.15, 0.2) is 42.5 Å². The lowest BCUT2D eigenvalue weighted by Crippen LogP contribution is -2.16. The molecule has 0 saturated carbocycles. The summed E-state index contributed by atoms with van der Waals surface area (Å²) in [5.41, 5.74) is 2.49. The van der Waals surface area contributed by atoms with E-state index in [-0.39, 0.29) is 5.75 Å². The molecule has 0 amide bonds. The maximum atomic E-state index is 12.1. The molecule has 0 fully saturated rings. The van der Waals surface area contributed by atoms with Gasteiger partial charge in [-0.25, -0.2) is 0 Å². The molecule has 2 rings (SSSR count). The van der Waals surface area contributed by atoms with Crippen molar-refractivity contribution in [1.82, 2.24) is 0 Å². The van der Waals surface area contributed by atoms with Gasteiger partial charge in [-0.3, -0.25) is 0 Å². The lowest BCUT2D eigenvalue weighted by molar-refractivity contribution is -0.274. The Morgan fingerprint density at radius 2 is 1.57 bits per heavy atom. The molecule has 0 aromatic heterocycles. The van der Waals surface area contributed by atoms with Crippen LogP contribution in [0.4, 0.5) is 18.9 Å². The zero-order valence-corrected chi connectivity index (χ0v) is 12.2. The van der Waals surface area contributed by atoms with E-state index in [0.29, 0.717) is 5.02 Å². The van der Waals surface area contributed by atoms with Crippen LogP contribution in [0.5, 0.6) is 5.75 Å². The van der Waals surface area contributed by atoms with Gasteiger partial charge in [0.05, 0.1) is 0 Å². The fraction of sp³-hybridized carbons (Fsp3) is 0.200. The van der Waals surface area contributed by atoms with Gasteiger partial charge >= 0.3 is 6.36 Å². The highest BCUT2D eigenvalue weighted by atomic mass is 35.5. The lowest BCUT2D eigenvalue weighted by Gasteiger charge is -2.15. The van der Waals surface area contributed by atoms with E-state index in [4.69, 9.17) is 11.6 Å². The van der Waals surface area contributed by atoms with E-state index < -0.39 is 6.36 Å². The second kappa shape index (κ2) is 5.85. The molecule has 0 saturated heterocycles. The third-order valence-corrected chi connectivity index (χ3v) is 3.04. The molecule has 2 nitrogen and oxygen atoms in total. The Morgan fingerprint density at radius 1 is 0.952 bits per heavy atom. The van der Waals surface area contributed by atoms with Crippen molar-refractivity contribution in [3.05, 3.63) is 47.5 Å². The Morgan fingerprint density at radius 3 is 2.10 bits per heavy atom. The van der Waals surface area contributed by atoms with Crippen LogP contribution < -0.4 is 9.64 Å².